The van der Waals surface area contributed by atoms with Crippen molar-refractivity contribution in [3.05, 3.63) is 90.4 Å². The van der Waals surface area contributed by atoms with Gasteiger partial charge in [0, 0.05) is 24.2 Å². The third kappa shape index (κ3) is 3.82. The molecular weight excluding hydrogens is 406 g/mol. The number of carbonyl (C=O) groups is 2. The Morgan fingerprint density at radius 1 is 0.812 bits per heavy atom. The van der Waals surface area contributed by atoms with E-state index in [2.05, 4.69) is 35.6 Å². The molecule has 32 heavy (non-hydrogen) atoms. The second-order valence-electron chi connectivity index (χ2n) is 6.93. The van der Waals surface area contributed by atoms with E-state index < -0.39 is 0 Å². The number of para-hydroxylation sites is 1. The molecule has 156 valence electrons. The maximum Gasteiger partial charge on any atom is 0.260 e. The van der Waals surface area contributed by atoms with Crippen LogP contribution in [0.15, 0.2) is 79.3 Å². The topological polar surface area (TPSA) is 128 Å². The summed E-state index contributed by atoms with van der Waals surface area (Å²) in [7, 11) is 0. The van der Waals surface area contributed by atoms with Crippen LogP contribution in [0.2, 0.25) is 0 Å². The van der Waals surface area contributed by atoms with E-state index >= 15 is 0 Å². The highest BCUT2D eigenvalue weighted by atomic mass is 16.2. The van der Waals surface area contributed by atoms with Crippen molar-refractivity contribution >= 4 is 34.7 Å². The lowest BCUT2D eigenvalue weighted by molar-refractivity contribution is 0.101. The van der Waals surface area contributed by atoms with Crippen molar-refractivity contribution in [1.29, 1.82) is 0 Å². The number of hydrogen-bond donors (Lipinski definition) is 4. The van der Waals surface area contributed by atoms with E-state index in [0.29, 0.717) is 28.1 Å². The standard InChI is InChI=1S/C23H17N7O2/c31-20(15-9-10-17(26-13-15)14-5-2-1-3-6-14)29-23-27-18-8-4-7-16(19(18)28-23)21(32)30-22-24-11-12-25-22/h1-13H,(H2,24,25,30,32)(H2,27,28,29,31). The number of pyridine rings is 1. The van der Waals surface area contributed by atoms with Crippen LogP contribution in [0.25, 0.3) is 22.3 Å². The predicted octanol–water partition coefficient (Wildman–Crippen LogP) is 3.85. The summed E-state index contributed by atoms with van der Waals surface area (Å²) in [6.45, 7) is 0. The maximum atomic E-state index is 12.7. The fourth-order valence-corrected chi connectivity index (χ4v) is 3.27. The van der Waals surface area contributed by atoms with Gasteiger partial charge in [-0.15, -0.1) is 0 Å². The number of anilines is 2. The first-order chi connectivity index (χ1) is 15.7. The van der Waals surface area contributed by atoms with Gasteiger partial charge in [0.15, 0.2) is 0 Å². The number of benzene rings is 2. The van der Waals surface area contributed by atoms with Gasteiger partial charge in [-0.05, 0) is 24.3 Å². The first-order valence-electron chi connectivity index (χ1n) is 9.80. The molecule has 9 heteroatoms. The number of nitrogens with zero attached hydrogens (tertiary/aromatic N) is 3. The number of aromatic nitrogens is 5. The number of fused-ring (bicyclic) bond motifs is 1. The van der Waals surface area contributed by atoms with E-state index in [1.54, 1.807) is 42.7 Å². The van der Waals surface area contributed by atoms with Gasteiger partial charge in [0.05, 0.1) is 22.3 Å². The van der Waals surface area contributed by atoms with Gasteiger partial charge >= 0.3 is 0 Å². The van der Waals surface area contributed by atoms with E-state index in [1.165, 1.54) is 6.20 Å². The minimum Gasteiger partial charge on any atom is -0.331 e. The van der Waals surface area contributed by atoms with Crippen molar-refractivity contribution in [3.8, 4) is 11.3 Å². The van der Waals surface area contributed by atoms with Crippen molar-refractivity contribution in [2.45, 2.75) is 0 Å². The van der Waals surface area contributed by atoms with E-state index in [1.807, 2.05) is 30.3 Å². The zero-order valence-electron chi connectivity index (χ0n) is 16.7. The molecule has 0 aliphatic rings. The molecule has 2 aromatic carbocycles. The van der Waals surface area contributed by atoms with E-state index in [0.717, 1.165) is 11.3 Å². The summed E-state index contributed by atoms with van der Waals surface area (Å²) < 4.78 is 0. The number of rotatable bonds is 5. The van der Waals surface area contributed by atoms with Crippen LogP contribution in [0.5, 0.6) is 0 Å². The molecule has 0 saturated heterocycles. The SMILES string of the molecule is O=C(Nc1nc2c(C(=O)Nc3ncc[nH]3)cccc2[nH]1)c1ccc(-c2ccccc2)nc1. The predicted molar refractivity (Wildman–Crippen MR) is 120 cm³/mol. The molecule has 5 aromatic rings. The van der Waals surface area contributed by atoms with Crippen LogP contribution in [0, 0.1) is 0 Å². The Morgan fingerprint density at radius 3 is 2.41 bits per heavy atom. The third-order valence-corrected chi connectivity index (χ3v) is 4.81. The lowest BCUT2D eigenvalue weighted by Gasteiger charge is -2.04. The highest BCUT2D eigenvalue weighted by molar-refractivity contribution is 6.11. The van der Waals surface area contributed by atoms with Crippen LogP contribution < -0.4 is 10.6 Å². The molecule has 0 radical (unpaired) electrons. The Kier molecular flexibility index (Phi) is 4.89. The number of hydrogen-bond acceptors (Lipinski definition) is 5. The summed E-state index contributed by atoms with van der Waals surface area (Å²) in [5.41, 5.74) is 3.54. The summed E-state index contributed by atoms with van der Waals surface area (Å²) in [4.78, 5) is 43.9. The third-order valence-electron chi connectivity index (χ3n) is 4.81. The highest BCUT2D eigenvalue weighted by Crippen LogP contribution is 2.21. The Hall–Kier alpha value is -4.79. The van der Waals surface area contributed by atoms with Gasteiger partial charge in [0.1, 0.15) is 5.52 Å². The summed E-state index contributed by atoms with van der Waals surface area (Å²) >= 11 is 0. The van der Waals surface area contributed by atoms with Crippen LogP contribution in [0.3, 0.4) is 0 Å². The number of aromatic amines is 2. The fraction of sp³-hybridized carbons (Fsp3) is 0. The van der Waals surface area contributed by atoms with Crippen LogP contribution in [-0.2, 0) is 0 Å². The van der Waals surface area contributed by atoms with Crippen LogP contribution in [0.1, 0.15) is 20.7 Å². The summed E-state index contributed by atoms with van der Waals surface area (Å²) in [5, 5.41) is 5.39. The smallest absolute Gasteiger partial charge is 0.260 e. The maximum absolute atomic E-state index is 12.7. The number of carbonyl (C=O) groups excluding carboxylic acids is 2. The largest absolute Gasteiger partial charge is 0.331 e. The lowest BCUT2D eigenvalue weighted by Crippen LogP contribution is -2.14. The zero-order chi connectivity index (χ0) is 21.9. The van der Waals surface area contributed by atoms with Crippen LogP contribution >= 0.6 is 0 Å². The molecule has 0 aliphatic heterocycles. The molecule has 0 unspecified atom stereocenters. The lowest BCUT2D eigenvalue weighted by atomic mass is 10.1. The first-order valence-corrected chi connectivity index (χ1v) is 9.80. The van der Waals surface area contributed by atoms with Gasteiger partial charge in [0.2, 0.25) is 11.9 Å². The van der Waals surface area contributed by atoms with Crippen molar-refractivity contribution in [2.75, 3.05) is 10.6 Å². The van der Waals surface area contributed by atoms with Crippen molar-refractivity contribution in [3.63, 3.8) is 0 Å². The Balaban J connectivity index is 1.35. The van der Waals surface area contributed by atoms with Gasteiger partial charge in [-0.25, -0.2) is 9.97 Å². The van der Waals surface area contributed by atoms with E-state index in [9.17, 15) is 9.59 Å². The fourth-order valence-electron chi connectivity index (χ4n) is 3.27. The molecule has 0 saturated carbocycles. The number of H-pyrrole nitrogens is 2. The first kappa shape index (κ1) is 19.2. The van der Waals surface area contributed by atoms with Crippen molar-refractivity contribution in [2.24, 2.45) is 0 Å². The Morgan fingerprint density at radius 2 is 1.66 bits per heavy atom. The zero-order valence-corrected chi connectivity index (χ0v) is 16.7. The molecule has 3 heterocycles. The van der Waals surface area contributed by atoms with E-state index in [4.69, 9.17) is 0 Å². The molecule has 0 spiro atoms. The monoisotopic (exact) mass is 423 g/mol. The van der Waals surface area contributed by atoms with Crippen LogP contribution in [0.4, 0.5) is 11.9 Å². The average molecular weight is 423 g/mol. The molecular formula is C23H17N7O2. The molecule has 0 aliphatic carbocycles. The molecule has 3 aromatic heterocycles. The molecule has 2 amide bonds. The van der Waals surface area contributed by atoms with Crippen LogP contribution in [-0.4, -0.2) is 36.7 Å². The highest BCUT2D eigenvalue weighted by Gasteiger charge is 2.16. The van der Waals surface area contributed by atoms with Gasteiger partial charge in [-0.1, -0.05) is 36.4 Å². The quantitative estimate of drug-likeness (QED) is 0.341. The minimum atomic E-state index is -0.365. The minimum absolute atomic E-state index is 0.232. The number of amides is 2. The average Bonchev–Trinajstić information content (AvgIpc) is 3.48. The summed E-state index contributed by atoms with van der Waals surface area (Å²) in [5.74, 6) is -0.161. The molecule has 5 rings (SSSR count). The Bertz CT molecular complexity index is 1390. The van der Waals surface area contributed by atoms with Crippen molar-refractivity contribution in [1.82, 2.24) is 24.9 Å². The molecule has 0 fully saturated rings. The molecule has 9 nitrogen and oxygen atoms in total. The molecule has 0 bridgehead atoms. The summed E-state index contributed by atoms with van der Waals surface area (Å²) in [6, 6.07) is 18.4. The molecule has 0 atom stereocenters. The van der Waals surface area contributed by atoms with Gasteiger partial charge in [-0.3, -0.25) is 25.2 Å². The van der Waals surface area contributed by atoms with Gasteiger partial charge in [0.25, 0.3) is 11.8 Å². The second kappa shape index (κ2) is 8.15. The molecule has 4 N–H and O–H groups in total. The Labute approximate surface area is 182 Å². The number of nitrogens with one attached hydrogen (secondary N) is 4. The number of imidazole rings is 2. The second-order valence-corrected chi connectivity index (χ2v) is 6.93. The van der Waals surface area contributed by atoms with Crippen molar-refractivity contribution < 1.29 is 9.59 Å². The van der Waals surface area contributed by atoms with Gasteiger partial charge in [-0.2, -0.15) is 0 Å². The van der Waals surface area contributed by atoms with E-state index in [-0.39, 0.29) is 17.8 Å². The summed E-state index contributed by atoms with van der Waals surface area (Å²) in [6.07, 6.45) is 4.67. The van der Waals surface area contributed by atoms with Gasteiger partial charge < -0.3 is 9.97 Å². The normalized spacial score (nSPS) is 10.8.